The summed E-state index contributed by atoms with van der Waals surface area (Å²) in [6, 6.07) is 8.23. The third-order valence-corrected chi connectivity index (χ3v) is 4.91. The van der Waals surface area contributed by atoms with Gasteiger partial charge in [0.05, 0.1) is 0 Å². The minimum atomic E-state index is 0.440. The monoisotopic (exact) mass is 308 g/mol. The predicted molar refractivity (Wildman–Crippen MR) is 90.5 cm³/mol. The highest BCUT2D eigenvalue weighted by molar-refractivity contribution is 7.98. The first-order chi connectivity index (χ1) is 9.13. The van der Waals surface area contributed by atoms with E-state index in [1.165, 1.54) is 10.4 Å². The highest BCUT2D eigenvalue weighted by Crippen LogP contribution is 2.28. The zero-order valence-corrected chi connectivity index (χ0v) is 13.3. The Morgan fingerprint density at radius 3 is 2.79 bits per heavy atom. The fourth-order valence-corrected chi connectivity index (χ4v) is 3.63. The molecule has 2 nitrogen and oxygen atoms in total. The third kappa shape index (κ3) is 3.29. The molecule has 0 saturated carbocycles. The molecule has 5 heteroatoms. The van der Waals surface area contributed by atoms with Crippen molar-refractivity contribution < 1.29 is 0 Å². The Morgan fingerprint density at radius 2 is 2.21 bits per heavy atom. The van der Waals surface area contributed by atoms with Gasteiger partial charge in [-0.3, -0.25) is 0 Å². The van der Waals surface area contributed by atoms with Gasteiger partial charge in [0.25, 0.3) is 0 Å². The van der Waals surface area contributed by atoms with Crippen molar-refractivity contribution in [3.63, 3.8) is 0 Å². The van der Waals surface area contributed by atoms with E-state index in [0.717, 1.165) is 22.7 Å². The lowest BCUT2D eigenvalue weighted by atomic mass is 10.1. The Labute approximate surface area is 127 Å². The fourth-order valence-electron chi connectivity index (χ4n) is 1.86. The second-order valence-corrected chi connectivity index (χ2v) is 6.42. The van der Waals surface area contributed by atoms with Gasteiger partial charge in [-0.1, -0.05) is 18.3 Å². The smallest absolute Gasteiger partial charge is 0.107 e. The van der Waals surface area contributed by atoms with E-state index >= 15 is 0 Å². The van der Waals surface area contributed by atoms with E-state index in [1.807, 2.05) is 24.5 Å². The normalized spacial score (nSPS) is 10.4. The summed E-state index contributed by atoms with van der Waals surface area (Å²) in [5.74, 6) is 0. The van der Waals surface area contributed by atoms with Gasteiger partial charge in [0.15, 0.2) is 0 Å². The maximum absolute atomic E-state index is 5.85. The summed E-state index contributed by atoms with van der Waals surface area (Å²) in [6.07, 6.45) is 2.03. The van der Waals surface area contributed by atoms with Crippen LogP contribution in [0.3, 0.4) is 0 Å². The lowest BCUT2D eigenvalue weighted by molar-refractivity contribution is 1.16. The van der Waals surface area contributed by atoms with Crippen molar-refractivity contribution in [1.29, 1.82) is 0 Å². The number of thioether (sulfide) groups is 1. The van der Waals surface area contributed by atoms with E-state index in [2.05, 4.69) is 23.7 Å². The summed E-state index contributed by atoms with van der Waals surface area (Å²) >= 11 is 8.59. The van der Waals surface area contributed by atoms with Gasteiger partial charge in [-0.25, -0.2) is 0 Å². The summed E-state index contributed by atoms with van der Waals surface area (Å²) in [5, 5.41) is 5.55. The van der Waals surface area contributed by atoms with Gasteiger partial charge in [0.2, 0.25) is 0 Å². The number of benzene rings is 1. The first-order valence-electron chi connectivity index (χ1n) is 5.87. The van der Waals surface area contributed by atoms with Crippen LogP contribution in [0.1, 0.15) is 16.0 Å². The van der Waals surface area contributed by atoms with Crippen molar-refractivity contribution >= 4 is 46.0 Å². The molecule has 3 N–H and O–H groups in total. The standard InChI is InChI=1S/C14H16N2S3/c1-9-6-7-19-12(9)8-16-10-4-3-5-11(18-2)13(10)14(15)17/h3-7,16H,8H2,1-2H3,(H2,15,17). The number of nitrogens with two attached hydrogens (primary N) is 1. The molecule has 0 radical (unpaired) electrons. The Balaban J connectivity index is 2.25. The molecule has 0 unspecified atom stereocenters. The molecule has 1 aromatic heterocycles. The van der Waals surface area contributed by atoms with Crippen LogP contribution in [0.25, 0.3) is 0 Å². The largest absolute Gasteiger partial charge is 0.389 e. The van der Waals surface area contributed by atoms with Gasteiger partial charge in [-0.15, -0.1) is 23.1 Å². The molecule has 0 aliphatic heterocycles. The molecule has 0 amide bonds. The molecular weight excluding hydrogens is 292 g/mol. The molecule has 0 saturated heterocycles. The van der Waals surface area contributed by atoms with Crippen molar-refractivity contribution in [2.24, 2.45) is 5.73 Å². The molecule has 100 valence electrons. The first-order valence-corrected chi connectivity index (χ1v) is 8.38. The SMILES string of the molecule is CSc1cccc(NCc2sccc2C)c1C(N)=S. The zero-order chi connectivity index (χ0) is 13.8. The highest BCUT2D eigenvalue weighted by Gasteiger charge is 2.10. The van der Waals surface area contributed by atoms with Gasteiger partial charge >= 0.3 is 0 Å². The van der Waals surface area contributed by atoms with E-state index in [1.54, 1.807) is 23.1 Å². The number of aryl methyl sites for hydroxylation is 1. The molecule has 0 fully saturated rings. The van der Waals surface area contributed by atoms with Crippen LogP contribution in [0.5, 0.6) is 0 Å². The first kappa shape index (κ1) is 14.4. The van der Waals surface area contributed by atoms with Gasteiger partial charge in [-0.05, 0) is 42.3 Å². The summed E-state index contributed by atoms with van der Waals surface area (Å²) in [4.78, 5) is 2.89. The quantitative estimate of drug-likeness (QED) is 0.646. The Bertz CT molecular complexity index is 590. The summed E-state index contributed by atoms with van der Waals surface area (Å²) in [6.45, 7) is 2.93. The second-order valence-electron chi connectivity index (χ2n) is 4.13. The van der Waals surface area contributed by atoms with Crippen LogP contribution in [-0.4, -0.2) is 11.2 Å². The minimum absolute atomic E-state index is 0.440. The van der Waals surface area contributed by atoms with Crippen LogP contribution >= 0.6 is 35.3 Å². The third-order valence-electron chi connectivity index (χ3n) is 2.90. The van der Waals surface area contributed by atoms with E-state index in [9.17, 15) is 0 Å². The number of thiophene rings is 1. The van der Waals surface area contributed by atoms with Crippen molar-refractivity contribution in [2.75, 3.05) is 11.6 Å². The number of nitrogens with one attached hydrogen (secondary N) is 1. The molecular formula is C14H16N2S3. The van der Waals surface area contributed by atoms with Crippen LogP contribution in [0, 0.1) is 6.92 Å². The van der Waals surface area contributed by atoms with Gasteiger partial charge in [0.1, 0.15) is 4.99 Å². The molecule has 0 atom stereocenters. The van der Waals surface area contributed by atoms with Crippen LogP contribution in [-0.2, 0) is 6.54 Å². The second kappa shape index (κ2) is 6.41. The maximum atomic E-state index is 5.85. The van der Waals surface area contributed by atoms with Crippen LogP contribution in [0.15, 0.2) is 34.5 Å². The van der Waals surface area contributed by atoms with E-state index < -0.39 is 0 Å². The molecule has 0 bridgehead atoms. The van der Waals surface area contributed by atoms with Gasteiger partial charge < -0.3 is 11.1 Å². The number of anilines is 1. The van der Waals surface area contributed by atoms with Gasteiger partial charge in [0, 0.05) is 27.6 Å². The fraction of sp³-hybridized carbons (Fsp3) is 0.214. The van der Waals surface area contributed by atoms with Crippen LogP contribution < -0.4 is 11.1 Å². The molecule has 0 spiro atoms. The van der Waals surface area contributed by atoms with E-state index in [4.69, 9.17) is 18.0 Å². The van der Waals surface area contributed by atoms with Crippen molar-refractivity contribution in [1.82, 2.24) is 0 Å². The van der Waals surface area contributed by atoms with E-state index in [-0.39, 0.29) is 0 Å². The number of rotatable bonds is 5. The van der Waals surface area contributed by atoms with Crippen molar-refractivity contribution in [3.05, 3.63) is 45.6 Å². The molecule has 19 heavy (non-hydrogen) atoms. The average Bonchev–Trinajstić information content (AvgIpc) is 2.81. The molecule has 0 aliphatic carbocycles. The lowest BCUT2D eigenvalue weighted by Gasteiger charge is -2.14. The molecule has 2 aromatic rings. The molecule has 1 heterocycles. The molecule has 1 aromatic carbocycles. The maximum Gasteiger partial charge on any atom is 0.107 e. The lowest BCUT2D eigenvalue weighted by Crippen LogP contribution is -2.14. The topological polar surface area (TPSA) is 38.0 Å². The van der Waals surface area contributed by atoms with Crippen molar-refractivity contribution in [2.45, 2.75) is 18.4 Å². The zero-order valence-electron chi connectivity index (χ0n) is 10.9. The average molecular weight is 308 g/mol. The molecule has 0 aliphatic rings. The Hall–Kier alpha value is -1.04. The molecule has 2 rings (SSSR count). The number of hydrogen-bond donors (Lipinski definition) is 2. The minimum Gasteiger partial charge on any atom is -0.389 e. The van der Waals surface area contributed by atoms with Gasteiger partial charge in [-0.2, -0.15) is 0 Å². The van der Waals surface area contributed by atoms with E-state index in [0.29, 0.717) is 4.99 Å². The summed E-state index contributed by atoms with van der Waals surface area (Å²) in [5.41, 5.74) is 9.12. The van der Waals surface area contributed by atoms with Crippen LogP contribution in [0.2, 0.25) is 0 Å². The number of thiocarbonyl (C=S) groups is 1. The van der Waals surface area contributed by atoms with Crippen molar-refractivity contribution in [3.8, 4) is 0 Å². The van der Waals surface area contributed by atoms with Crippen LogP contribution in [0.4, 0.5) is 5.69 Å². The highest BCUT2D eigenvalue weighted by atomic mass is 32.2. The summed E-state index contributed by atoms with van der Waals surface area (Å²) in [7, 11) is 0. The summed E-state index contributed by atoms with van der Waals surface area (Å²) < 4.78 is 0. The predicted octanol–water partition coefficient (Wildman–Crippen LogP) is 4.02. The Morgan fingerprint density at radius 1 is 1.42 bits per heavy atom. The number of hydrogen-bond acceptors (Lipinski definition) is 4. The Kier molecular flexibility index (Phi) is 4.85.